The normalized spacial score (nSPS) is 22.6. The molecule has 0 amide bonds. The van der Waals surface area contributed by atoms with Crippen LogP contribution < -0.4 is 14.4 Å². The van der Waals surface area contributed by atoms with Crippen LogP contribution in [0.25, 0.3) is 0 Å². The Bertz CT molecular complexity index is 982. The maximum Gasteiger partial charge on any atom is 0.179 e. The van der Waals surface area contributed by atoms with Crippen molar-refractivity contribution in [3.63, 3.8) is 0 Å². The standard InChI is InChI=1S/C27H37N5O2/c1-29-13-15-31(16-14-29)27-28-19-22-17-25(33-2)26(34-3)18-24(22)32(27)23-9-11-30(12-10-23)20-21-7-5-4-6-8-21/h4-8,17-19,23,27H,9-16,20H2,1-3H3. The molecule has 3 aliphatic rings. The molecule has 5 rings (SSSR count). The van der Waals surface area contributed by atoms with Crippen molar-refractivity contribution in [1.82, 2.24) is 14.7 Å². The number of benzene rings is 2. The van der Waals surface area contributed by atoms with Gasteiger partial charge in [0.15, 0.2) is 17.8 Å². The number of aliphatic imine (C=N–C) groups is 1. The van der Waals surface area contributed by atoms with Gasteiger partial charge in [0, 0.05) is 69.7 Å². The minimum Gasteiger partial charge on any atom is -0.493 e. The van der Waals surface area contributed by atoms with E-state index in [9.17, 15) is 0 Å². The maximum absolute atomic E-state index is 5.69. The number of ether oxygens (including phenoxy) is 2. The van der Waals surface area contributed by atoms with Gasteiger partial charge in [-0.1, -0.05) is 30.3 Å². The number of piperazine rings is 1. The van der Waals surface area contributed by atoms with Crippen LogP contribution in [0.4, 0.5) is 5.69 Å². The monoisotopic (exact) mass is 463 g/mol. The van der Waals surface area contributed by atoms with Gasteiger partial charge in [-0.05, 0) is 31.5 Å². The summed E-state index contributed by atoms with van der Waals surface area (Å²) in [6, 6.07) is 15.5. The number of piperidine rings is 1. The summed E-state index contributed by atoms with van der Waals surface area (Å²) in [4.78, 5) is 15.2. The highest BCUT2D eigenvalue weighted by Crippen LogP contribution is 2.40. The number of hydrogen-bond donors (Lipinski definition) is 0. The van der Waals surface area contributed by atoms with Crippen molar-refractivity contribution < 1.29 is 9.47 Å². The molecule has 182 valence electrons. The second-order valence-electron chi connectivity index (χ2n) is 9.63. The van der Waals surface area contributed by atoms with Crippen LogP contribution in [-0.4, -0.2) is 93.8 Å². The lowest BCUT2D eigenvalue weighted by atomic mass is 9.99. The Hall–Kier alpha value is -2.61. The van der Waals surface area contributed by atoms with Gasteiger partial charge in [0.25, 0.3) is 0 Å². The molecule has 0 bridgehead atoms. The topological polar surface area (TPSA) is 43.8 Å². The summed E-state index contributed by atoms with van der Waals surface area (Å²) in [7, 11) is 5.61. The SMILES string of the molecule is COc1cc2c(cc1OC)N(C1CCN(Cc3ccccc3)CC1)C(N1CCN(C)CC1)N=C2. The average molecular weight is 464 g/mol. The number of rotatable bonds is 6. The van der Waals surface area contributed by atoms with Crippen LogP contribution in [0.5, 0.6) is 11.5 Å². The Morgan fingerprint density at radius 3 is 2.24 bits per heavy atom. The fourth-order valence-electron chi connectivity index (χ4n) is 5.46. The fraction of sp³-hybridized carbons (Fsp3) is 0.519. The number of nitrogens with zero attached hydrogens (tertiary/aromatic N) is 5. The van der Waals surface area contributed by atoms with Gasteiger partial charge in [-0.2, -0.15) is 0 Å². The first kappa shape index (κ1) is 23.1. The Balaban J connectivity index is 1.39. The molecule has 0 aromatic heterocycles. The number of hydrogen-bond acceptors (Lipinski definition) is 7. The van der Waals surface area contributed by atoms with E-state index in [4.69, 9.17) is 14.5 Å². The van der Waals surface area contributed by atoms with Gasteiger partial charge in [-0.3, -0.25) is 14.8 Å². The van der Waals surface area contributed by atoms with Crippen LogP contribution >= 0.6 is 0 Å². The van der Waals surface area contributed by atoms with E-state index in [-0.39, 0.29) is 6.29 Å². The molecule has 0 radical (unpaired) electrons. The van der Waals surface area contributed by atoms with Crippen LogP contribution in [0.1, 0.15) is 24.0 Å². The number of fused-ring (bicyclic) bond motifs is 1. The number of likely N-dealkylation sites (tertiary alicyclic amines) is 1. The Labute approximate surface area is 203 Å². The quantitative estimate of drug-likeness (QED) is 0.656. The summed E-state index contributed by atoms with van der Waals surface area (Å²) in [6.07, 6.45) is 4.31. The zero-order valence-electron chi connectivity index (χ0n) is 20.7. The minimum atomic E-state index is 0.0324. The van der Waals surface area contributed by atoms with E-state index in [1.54, 1.807) is 14.2 Å². The third-order valence-electron chi connectivity index (χ3n) is 7.47. The summed E-state index contributed by atoms with van der Waals surface area (Å²) < 4.78 is 11.3. The molecule has 0 spiro atoms. The van der Waals surface area contributed by atoms with Crippen LogP contribution in [-0.2, 0) is 6.54 Å². The molecule has 2 aromatic rings. The lowest BCUT2D eigenvalue weighted by Crippen LogP contribution is -2.59. The van der Waals surface area contributed by atoms with Gasteiger partial charge in [-0.25, -0.2) is 0 Å². The van der Waals surface area contributed by atoms with Crippen LogP contribution in [0, 0.1) is 0 Å². The maximum atomic E-state index is 5.69. The molecule has 1 unspecified atom stereocenters. The fourth-order valence-corrected chi connectivity index (χ4v) is 5.46. The van der Waals surface area contributed by atoms with E-state index in [0.717, 1.165) is 75.7 Å². The van der Waals surface area contributed by atoms with Gasteiger partial charge in [0.05, 0.1) is 19.9 Å². The average Bonchev–Trinajstić information content (AvgIpc) is 2.89. The van der Waals surface area contributed by atoms with Crippen molar-refractivity contribution >= 4 is 11.9 Å². The van der Waals surface area contributed by atoms with E-state index in [0.29, 0.717) is 6.04 Å². The third kappa shape index (κ3) is 4.78. The van der Waals surface area contributed by atoms with Crippen LogP contribution in [0.15, 0.2) is 47.5 Å². The molecule has 3 heterocycles. The first-order valence-corrected chi connectivity index (χ1v) is 12.4. The van der Waals surface area contributed by atoms with Crippen LogP contribution in [0.3, 0.4) is 0 Å². The Kier molecular flexibility index (Phi) is 7.04. The third-order valence-corrected chi connectivity index (χ3v) is 7.47. The van der Waals surface area contributed by atoms with E-state index < -0.39 is 0 Å². The van der Waals surface area contributed by atoms with Crippen molar-refractivity contribution in [2.75, 3.05) is 65.4 Å². The number of anilines is 1. The molecule has 0 saturated carbocycles. The minimum absolute atomic E-state index is 0.0324. The first-order chi connectivity index (χ1) is 16.7. The molecule has 0 N–H and O–H groups in total. The van der Waals surface area contributed by atoms with Gasteiger partial charge >= 0.3 is 0 Å². The van der Waals surface area contributed by atoms with Crippen molar-refractivity contribution in [1.29, 1.82) is 0 Å². The molecule has 1 atom stereocenters. The van der Waals surface area contributed by atoms with Crippen LogP contribution in [0.2, 0.25) is 0 Å². The predicted octanol–water partition coefficient (Wildman–Crippen LogP) is 3.14. The molecule has 2 fully saturated rings. The van der Waals surface area contributed by atoms with Gasteiger partial charge in [-0.15, -0.1) is 0 Å². The molecular weight excluding hydrogens is 426 g/mol. The number of likely N-dealkylation sites (N-methyl/N-ethyl adjacent to an activating group) is 1. The molecule has 3 aliphatic heterocycles. The molecular formula is C27H37N5O2. The molecule has 2 aromatic carbocycles. The zero-order chi connectivity index (χ0) is 23.5. The van der Waals surface area contributed by atoms with Crippen molar-refractivity contribution in [3.05, 3.63) is 53.6 Å². The summed E-state index contributed by atoms with van der Waals surface area (Å²) in [5.74, 6) is 1.53. The Morgan fingerprint density at radius 1 is 0.882 bits per heavy atom. The molecule has 7 nitrogen and oxygen atoms in total. The van der Waals surface area contributed by atoms with E-state index in [2.05, 4.69) is 69.1 Å². The van der Waals surface area contributed by atoms with E-state index in [1.165, 1.54) is 11.3 Å². The summed E-state index contributed by atoms with van der Waals surface area (Å²) in [5, 5.41) is 0. The second-order valence-corrected chi connectivity index (χ2v) is 9.63. The van der Waals surface area contributed by atoms with E-state index >= 15 is 0 Å². The second kappa shape index (κ2) is 10.3. The lowest BCUT2D eigenvalue weighted by molar-refractivity contribution is 0.0996. The molecule has 0 aliphatic carbocycles. The Morgan fingerprint density at radius 2 is 1.56 bits per heavy atom. The predicted molar refractivity (Wildman–Crippen MR) is 137 cm³/mol. The van der Waals surface area contributed by atoms with Crippen molar-refractivity contribution in [2.24, 2.45) is 4.99 Å². The molecule has 34 heavy (non-hydrogen) atoms. The van der Waals surface area contributed by atoms with Crippen molar-refractivity contribution in [2.45, 2.75) is 31.7 Å². The van der Waals surface area contributed by atoms with E-state index in [1.807, 2.05) is 6.21 Å². The summed E-state index contributed by atoms with van der Waals surface area (Å²) in [5.41, 5.74) is 3.70. The number of methoxy groups -OCH3 is 2. The molecule has 2 saturated heterocycles. The summed E-state index contributed by atoms with van der Waals surface area (Å²) in [6.45, 7) is 7.43. The highest BCUT2D eigenvalue weighted by atomic mass is 16.5. The van der Waals surface area contributed by atoms with Gasteiger partial charge in [0.2, 0.25) is 0 Å². The first-order valence-electron chi connectivity index (χ1n) is 12.4. The highest BCUT2D eigenvalue weighted by Gasteiger charge is 2.37. The van der Waals surface area contributed by atoms with Crippen molar-refractivity contribution in [3.8, 4) is 11.5 Å². The zero-order valence-corrected chi connectivity index (χ0v) is 20.7. The van der Waals surface area contributed by atoms with Gasteiger partial charge < -0.3 is 19.3 Å². The summed E-state index contributed by atoms with van der Waals surface area (Å²) >= 11 is 0. The highest BCUT2D eigenvalue weighted by molar-refractivity contribution is 5.92. The van der Waals surface area contributed by atoms with Gasteiger partial charge in [0.1, 0.15) is 0 Å². The smallest absolute Gasteiger partial charge is 0.179 e. The largest absolute Gasteiger partial charge is 0.493 e. The molecule has 7 heteroatoms. The lowest BCUT2D eigenvalue weighted by Gasteiger charge is -2.49.